The van der Waals surface area contributed by atoms with Crippen LogP contribution in [0.5, 0.6) is 0 Å². The summed E-state index contributed by atoms with van der Waals surface area (Å²) in [6.45, 7) is 0.950. The summed E-state index contributed by atoms with van der Waals surface area (Å²) in [4.78, 5) is 0. The molecule has 1 aromatic carbocycles. The number of nitrogens with zero attached hydrogens (tertiary/aromatic N) is 3. The lowest BCUT2D eigenvalue weighted by Gasteiger charge is -2.09. The van der Waals surface area contributed by atoms with Gasteiger partial charge >= 0.3 is 0 Å². The fraction of sp³-hybridized carbons (Fsp3) is 0.312. The Morgan fingerprint density at radius 3 is 2.95 bits per heavy atom. The molecule has 1 N–H and O–H groups in total. The molecule has 0 spiro atoms. The number of aryl methyl sites for hydroxylation is 1. The van der Waals surface area contributed by atoms with E-state index in [0.29, 0.717) is 5.58 Å². The number of rotatable bonds is 1. The molecule has 0 saturated carbocycles. The third kappa shape index (κ3) is 2.05. The van der Waals surface area contributed by atoms with Gasteiger partial charge in [-0.15, -0.1) is 10.2 Å². The molecule has 3 heterocycles. The van der Waals surface area contributed by atoms with Gasteiger partial charge in [-0.05, 0) is 18.9 Å². The fourth-order valence-corrected chi connectivity index (χ4v) is 3.00. The zero-order chi connectivity index (χ0) is 14.2. The Bertz CT molecular complexity index is 862. The predicted octanol–water partition coefficient (Wildman–Crippen LogP) is 2.90. The number of aromatic nitrogens is 3. The van der Waals surface area contributed by atoms with Gasteiger partial charge < -0.3 is 8.98 Å². The van der Waals surface area contributed by atoms with Crippen molar-refractivity contribution in [2.24, 2.45) is 0 Å². The summed E-state index contributed by atoms with van der Waals surface area (Å²) >= 11 is 0. The Kier molecular flexibility index (Phi) is 2.84. The molecule has 0 amide bonds. The van der Waals surface area contributed by atoms with Crippen LogP contribution < -0.4 is 5.55 Å². The molecule has 0 radical (unpaired) electrons. The first-order valence-electron chi connectivity index (χ1n) is 7.33. The average Bonchev–Trinajstić information content (AvgIpc) is 2.74. The van der Waals surface area contributed by atoms with Crippen molar-refractivity contribution in [1.29, 1.82) is 5.41 Å². The summed E-state index contributed by atoms with van der Waals surface area (Å²) in [5.41, 5.74) is 1.79. The van der Waals surface area contributed by atoms with Crippen LogP contribution in [0.25, 0.3) is 22.4 Å². The summed E-state index contributed by atoms with van der Waals surface area (Å²) in [7, 11) is 0. The maximum absolute atomic E-state index is 7.88. The van der Waals surface area contributed by atoms with Gasteiger partial charge in [0.15, 0.2) is 5.82 Å². The van der Waals surface area contributed by atoms with Crippen LogP contribution in [-0.4, -0.2) is 14.8 Å². The molecule has 5 nitrogen and oxygen atoms in total. The second-order valence-electron chi connectivity index (χ2n) is 5.42. The fourth-order valence-electron chi connectivity index (χ4n) is 3.00. The molecule has 5 heteroatoms. The van der Waals surface area contributed by atoms with Crippen LogP contribution in [0.15, 0.2) is 34.7 Å². The molecule has 0 saturated heterocycles. The molecule has 106 valence electrons. The molecule has 0 bridgehead atoms. The van der Waals surface area contributed by atoms with E-state index in [9.17, 15) is 0 Å². The highest BCUT2D eigenvalue weighted by Gasteiger charge is 2.18. The van der Waals surface area contributed by atoms with Crippen LogP contribution in [0.4, 0.5) is 0 Å². The van der Waals surface area contributed by atoms with E-state index in [1.165, 1.54) is 12.8 Å². The predicted molar refractivity (Wildman–Crippen MR) is 78.6 cm³/mol. The minimum Gasteiger partial charge on any atom is -0.439 e. The monoisotopic (exact) mass is 280 g/mol. The second kappa shape index (κ2) is 4.84. The first-order chi connectivity index (χ1) is 10.3. The van der Waals surface area contributed by atoms with Crippen molar-refractivity contribution in [1.82, 2.24) is 14.8 Å². The topological polar surface area (TPSA) is 67.7 Å². The van der Waals surface area contributed by atoms with Crippen molar-refractivity contribution in [3.05, 3.63) is 41.7 Å². The summed E-state index contributed by atoms with van der Waals surface area (Å²) < 4.78 is 7.68. The largest absolute Gasteiger partial charge is 0.439 e. The van der Waals surface area contributed by atoms with Gasteiger partial charge in [0.25, 0.3) is 0 Å². The molecular weight excluding hydrogens is 264 g/mol. The van der Waals surface area contributed by atoms with Crippen LogP contribution in [0.1, 0.15) is 25.1 Å². The Morgan fingerprint density at radius 2 is 2.00 bits per heavy atom. The van der Waals surface area contributed by atoms with Gasteiger partial charge in [0.05, 0.1) is 0 Å². The van der Waals surface area contributed by atoms with E-state index < -0.39 is 0 Å². The average molecular weight is 280 g/mol. The van der Waals surface area contributed by atoms with E-state index >= 15 is 0 Å². The van der Waals surface area contributed by atoms with Crippen LogP contribution in [0, 0.1) is 5.41 Å². The van der Waals surface area contributed by atoms with E-state index in [0.717, 1.165) is 42.0 Å². The lowest BCUT2D eigenvalue weighted by molar-refractivity contribution is 0.533. The lowest BCUT2D eigenvalue weighted by atomic mass is 10.1. The molecule has 1 aliphatic rings. The molecule has 0 aliphatic carbocycles. The number of nitrogens with one attached hydrogen (secondary N) is 1. The van der Waals surface area contributed by atoms with Crippen LogP contribution in [-0.2, 0) is 13.0 Å². The van der Waals surface area contributed by atoms with Crippen LogP contribution in [0.3, 0.4) is 0 Å². The van der Waals surface area contributed by atoms with Crippen LogP contribution >= 0.6 is 0 Å². The number of benzene rings is 1. The molecule has 0 fully saturated rings. The number of hydrogen-bond acceptors (Lipinski definition) is 4. The number of para-hydroxylation sites is 1. The van der Waals surface area contributed by atoms with Gasteiger partial charge in [-0.1, -0.05) is 24.6 Å². The van der Waals surface area contributed by atoms with Crippen molar-refractivity contribution in [2.75, 3.05) is 0 Å². The van der Waals surface area contributed by atoms with Crippen molar-refractivity contribution in [3.63, 3.8) is 0 Å². The first-order valence-corrected chi connectivity index (χ1v) is 7.33. The number of hydrogen-bond donors (Lipinski definition) is 1. The standard InChI is InChI=1S/C16H16N4O/c17-14-10-12(11-6-3-4-7-13(11)21-14)16-19-18-15-8-2-1-5-9-20(15)16/h3-4,6-7,10,17H,1-2,5,8-9H2. The lowest BCUT2D eigenvalue weighted by Crippen LogP contribution is -2.05. The zero-order valence-electron chi connectivity index (χ0n) is 11.7. The van der Waals surface area contributed by atoms with Gasteiger partial charge in [0.2, 0.25) is 5.55 Å². The normalized spacial score (nSPS) is 14.9. The first kappa shape index (κ1) is 12.3. The van der Waals surface area contributed by atoms with E-state index in [1.807, 2.05) is 24.3 Å². The summed E-state index contributed by atoms with van der Waals surface area (Å²) in [5, 5.41) is 17.6. The van der Waals surface area contributed by atoms with Crippen molar-refractivity contribution < 1.29 is 4.42 Å². The van der Waals surface area contributed by atoms with Gasteiger partial charge in [-0.25, -0.2) is 0 Å². The summed E-state index contributed by atoms with van der Waals surface area (Å²) in [6, 6.07) is 9.52. The van der Waals surface area contributed by atoms with Crippen molar-refractivity contribution in [3.8, 4) is 11.4 Å². The summed E-state index contributed by atoms with van der Waals surface area (Å²) in [6.07, 6.45) is 4.54. The maximum Gasteiger partial charge on any atom is 0.212 e. The quantitative estimate of drug-likeness (QED) is 0.745. The second-order valence-corrected chi connectivity index (χ2v) is 5.42. The zero-order valence-corrected chi connectivity index (χ0v) is 11.7. The smallest absolute Gasteiger partial charge is 0.212 e. The van der Waals surface area contributed by atoms with E-state index in [4.69, 9.17) is 9.83 Å². The van der Waals surface area contributed by atoms with E-state index in [2.05, 4.69) is 14.8 Å². The Balaban J connectivity index is 1.99. The molecule has 0 atom stereocenters. The molecule has 0 unspecified atom stereocenters. The molecule has 21 heavy (non-hydrogen) atoms. The Morgan fingerprint density at radius 1 is 1.10 bits per heavy atom. The van der Waals surface area contributed by atoms with Crippen molar-refractivity contribution in [2.45, 2.75) is 32.2 Å². The minimum atomic E-state index is 0.148. The van der Waals surface area contributed by atoms with Gasteiger partial charge in [0.1, 0.15) is 11.4 Å². The Hall–Kier alpha value is -2.43. The number of fused-ring (bicyclic) bond motifs is 2. The Labute approximate surface area is 121 Å². The summed E-state index contributed by atoms with van der Waals surface area (Å²) in [5.74, 6) is 1.91. The third-order valence-electron chi connectivity index (χ3n) is 4.02. The molecular formula is C16H16N4O. The third-order valence-corrected chi connectivity index (χ3v) is 4.02. The highest BCUT2D eigenvalue weighted by atomic mass is 16.3. The van der Waals surface area contributed by atoms with Gasteiger partial charge in [-0.2, -0.15) is 0 Å². The molecule has 2 aromatic heterocycles. The maximum atomic E-state index is 7.88. The van der Waals surface area contributed by atoms with Crippen LogP contribution in [0.2, 0.25) is 0 Å². The SMILES string of the molecule is N=c1cc(-c2nnc3n2CCCCC3)c2ccccc2o1. The molecule has 3 aromatic rings. The highest BCUT2D eigenvalue weighted by Crippen LogP contribution is 2.28. The van der Waals surface area contributed by atoms with Crippen molar-refractivity contribution >= 4 is 11.0 Å². The molecule has 4 rings (SSSR count). The van der Waals surface area contributed by atoms with E-state index in [-0.39, 0.29) is 5.55 Å². The minimum absolute atomic E-state index is 0.148. The molecule has 1 aliphatic heterocycles. The highest BCUT2D eigenvalue weighted by molar-refractivity contribution is 5.91. The van der Waals surface area contributed by atoms with Gasteiger partial charge in [0, 0.05) is 30.0 Å². The van der Waals surface area contributed by atoms with Gasteiger partial charge in [-0.3, -0.25) is 5.41 Å². The van der Waals surface area contributed by atoms with E-state index in [1.54, 1.807) is 6.07 Å².